The lowest BCUT2D eigenvalue weighted by molar-refractivity contribution is -0.905. The fraction of sp³-hybridized carbons (Fsp3) is 0.522. The molecule has 8 heteroatoms. The quantitative estimate of drug-likeness (QED) is 0.633. The maximum absolute atomic E-state index is 13.0. The highest BCUT2D eigenvalue weighted by Crippen LogP contribution is 2.29. The lowest BCUT2D eigenvalue weighted by Gasteiger charge is -2.28. The van der Waals surface area contributed by atoms with Crippen molar-refractivity contribution in [3.63, 3.8) is 0 Å². The largest absolute Gasteiger partial charge is 0.493 e. The number of carbonyl (C=O) groups is 1. The fourth-order valence-corrected chi connectivity index (χ4v) is 4.06. The molecule has 1 aromatic heterocycles. The molecule has 0 radical (unpaired) electrons. The number of hydrogen-bond donors (Lipinski definition) is 2. The Morgan fingerprint density at radius 3 is 2.55 bits per heavy atom. The van der Waals surface area contributed by atoms with Gasteiger partial charge in [-0.05, 0) is 45.6 Å². The molecule has 8 nitrogen and oxygen atoms in total. The minimum absolute atomic E-state index is 0.113. The number of carbonyl (C=O) groups excluding carboxylic acids is 1. The van der Waals surface area contributed by atoms with Crippen LogP contribution in [0.5, 0.6) is 11.5 Å². The minimum Gasteiger partial charge on any atom is -0.493 e. The number of fused-ring (bicyclic) bond motifs is 1. The molecule has 0 bridgehead atoms. The van der Waals surface area contributed by atoms with Crippen molar-refractivity contribution in [2.45, 2.75) is 46.1 Å². The van der Waals surface area contributed by atoms with E-state index < -0.39 is 0 Å². The van der Waals surface area contributed by atoms with E-state index >= 15 is 0 Å². The lowest BCUT2D eigenvalue weighted by Crippen LogP contribution is -3.11. The summed E-state index contributed by atoms with van der Waals surface area (Å²) in [6.45, 7) is 6.28. The predicted octanol–water partition coefficient (Wildman–Crippen LogP) is 1.65. The van der Waals surface area contributed by atoms with Crippen molar-refractivity contribution in [3.05, 3.63) is 40.1 Å². The molecule has 1 aliphatic rings. The summed E-state index contributed by atoms with van der Waals surface area (Å²) in [5.74, 6) is 1.67. The average Bonchev–Trinajstić information content (AvgIpc) is 2.79. The molecule has 0 spiro atoms. The van der Waals surface area contributed by atoms with Gasteiger partial charge in [-0.3, -0.25) is 9.59 Å². The zero-order valence-electron chi connectivity index (χ0n) is 18.9. The van der Waals surface area contributed by atoms with Crippen LogP contribution in [0.1, 0.15) is 45.4 Å². The molecular weight excluding hydrogens is 396 g/mol. The minimum atomic E-state index is -0.231. The maximum atomic E-state index is 13.0. The number of quaternary nitrogens is 1. The van der Waals surface area contributed by atoms with E-state index in [2.05, 4.69) is 16.0 Å². The number of rotatable bonds is 9. The van der Waals surface area contributed by atoms with Crippen molar-refractivity contribution < 1.29 is 19.2 Å². The molecule has 2 N–H and O–H groups in total. The number of nitrogens with one attached hydrogen (secondary N) is 2. The molecule has 0 fully saturated rings. The van der Waals surface area contributed by atoms with Crippen LogP contribution in [0.25, 0.3) is 10.9 Å². The summed E-state index contributed by atoms with van der Waals surface area (Å²) in [5, 5.41) is 0.442. The van der Waals surface area contributed by atoms with Crippen molar-refractivity contribution in [1.82, 2.24) is 14.9 Å². The van der Waals surface area contributed by atoms with Gasteiger partial charge >= 0.3 is 0 Å². The smallest absolute Gasteiger partial charge is 0.281 e. The first kappa shape index (κ1) is 22.8. The van der Waals surface area contributed by atoms with Gasteiger partial charge in [0.15, 0.2) is 23.9 Å². The molecule has 0 aliphatic heterocycles. The van der Waals surface area contributed by atoms with Crippen LogP contribution in [0.4, 0.5) is 0 Å². The highest BCUT2D eigenvalue weighted by molar-refractivity contribution is 5.82. The van der Waals surface area contributed by atoms with Gasteiger partial charge < -0.3 is 24.3 Å². The fourth-order valence-electron chi connectivity index (χ4n) is 4.06. The number of aromatic amines is 1. The Bertz CT molecular complexity index is 1010. The van der Waals surface area contributed by atoms with Crippen LogP contribution in [0.2, 0.25) is 0 Å². The van der Waals surface area contributed by atoms with Crippen LogP contribution in [0.15, 0.2) is 28.7 Å². The number of ether oxygens (including phenoxy) is 2. The van der Waals surface area contributed by atoms with Gasteiger partial charge in [0.05, 0.1) is 31.7 Å². The molecule has 1 aromatic carbocycles. The SMILES string of the molecule is CCN(C(=O)C[NH+](CC)Cc1nc2cc(OC)c(OC)cc2c(=O)[nH]1)C1=CCCCC1. The van der Waals surface area contributed by atoms with Crippen LogP contribution in [-0.4, -0.2) is 54.6 Å². The van der Waals surface area contributed by atoms with Gasteiger partial charge in [0.25, 0.3) is 11.5 Å². The van der Waals surface area contributed by atoms with Gasteiger partial charge in [0.1, 0.15) is 6.54 Å². The van der Waals surface area contributed by atoms with Gasteiger partial charge in [-0.15, -0.1) is 0 Å². The Balaban J connectivity index is 1.80. The molecule has 1 amide bonds. The van der Waals surface area contributed by atoms with Crippen molar-refractivity contribution in [2.75, 3.05) is 33.9 Å². The number of benzene rings is 1. The summed E-state index contributed by atoms with van der Waals surface area (Å²) in [5.41, 5.74) is 1.46. The summed E-state index contributed by atoms with van der Waals surface area (Å²) in [6.07, 6.45) is 6.53. The summed E-state index contributed by atoms with van der Waals surface area (Å²) < 4.78 is 10.6. The van der Waals surface area contributed by atoms with Gasteiger partial charge in [0, 0.05) is 18.3 Å². The number of amides is 1. The van der Waals surface area contributed by atoms with Gasteiger partial charge in [-0.25, -0.2) is 4.98 Å². The molecule has 1 atom stereocenters. The second-order valence-electron chi connectivity index (χ2n) is 7.77. The summed E-state index contributed by atoms with van der Waals surface area (Å²) in [7, 11) is 3.08. The number of hydrogen-bond acceptors (Lipinski definition) is 5. The Hall–Kier alpha value is -2.87. The average molecular weight is 430 g/mol. The van der Waals surface area contributed by atoms with E-state index in [9.17, 15) is 9.59 Å². The van der Waals surface area contributed by atoms with Gasteiger partial charge in [0.2, 0.25) is 0 Å². The summed E-state index contributed by atoms with van der Waals surface area (Å²) in [6, 6.07) is 3.34. The van der Waals surface area contributed by atoms with Crippen molar-refractivity contribution in [2.24, 2.45) is 0 Å². The number of H-pyrrole nitrogens is 1. The van der Waals surface area contributed by atoms with Crippen LogP contribution in [-0.2, 0) is 11.3 Å². The number of allylic oxidation sites excluding steroid dienone is 2. The van der Waals surface area contributed by atoms with E-state index in [1.807, 2.05) is 18.7 Å². The number of aromatic nitrogens is 2. The first-order valence-electron chi connectivity index (χ1n) is 11.0. The van der Waals surface area contributed by atoms with E-state index in [-0.39, 0.29) is 11.5 Å². The molecule has 3 rings (SSSR count). The van der Waals surface area contributed by atoms with E-state index in [4.69, 9.17) is 9.47 Å². The lowest BCUT2D eigenvalue weighted by atomic mass is 10.0. The first-order chi connectivity index (χ1) is 15.0. The number of likely N-dealkylation sites (N-methyl/N-ethyl adjacent to an activating group) is 2. The topological polar surface area (TPSA) is 89.0 Å². The summed E-state index contributed by atoms with van der Waals surface area (Å²) >= 11 is 0. The Morgan fingerprint density at radius 1 is 1.19 bits per heavy atom. The summed E-state index contributed by atoms with van der Waals surface area (Å²) in [4.78, 5) is 36.1. The van der Waals surface area contributed by atoms with E-state index in [1.165, 1.54) is 13.5 Å². The highest BCUT2D eigenvalue weighted by Gasteiger charge is 2.23. The molecular formula is C23H33N4O4+. The Kier molecular flexibility index (Phi) is 7.68. The zero-order valence-corrected chi connectivity index (χ0v) is 18.9. The van der Waals surface area contributed by atoms with Crippen LogP contribution in [0.3, 0.4) is 0 Å². The predicted molar refractivity (Wildman–Crippen MR) is 119 cm³/mol. The molecule has 1 aliphatic carbocycles. The van der Waals surface area contributed by atoms with Crippen LogP contribution < -0.4 is 19.9 Å². The number of nitrogens with zero attached hydrogens (tertiary/aromatic N) is 2. The van der Waals surface area contributed by atoms with E-state index in [0.29, 0.717) is 47.9 Å². The molecule has 0 saturated heterocycles. The van der Waals surface area contributed by atoms with Crippen LogP contribution in [0, 0.1) is 0 Å². The van der Waals surface area contributed by atoms with Gasteiger partial charge in [-0.2, -0.15) is 0 Å². The Morgan fingerprint density at radius 2 is 1.94 bits per heavy atom. The Labute approximate surface area is 182 Å². The highest BCUT2D eigenvalue weighted by atomic mass is 16.5. The zero-order chi connectivity index (χ0) is 22.4. The molecule has 1 unspecified atom stereocenters. The monoisotopic (exact) mass is 429 g/mol. The second-order valence-corrected chi connectivity index (χ2v) is 7.77. The maximum Gasteiger partial charge on any atom is 0.281 e. The van der Waals surface area contributed by atoms with E-state index in [1.54, 1.807) is 19.2 Å². The molecule has 168 valence electrons. The van der Waals surface area contributed by atoms with Crippen molar-refractivity contribution in [1.29, 1.82) is 0 Å². The van der Waals surface area contributed by atoms with Crippen molar-refractivity contribution in [3.8, 4) is 11.5 Å². The third-order valence-corrected chi connectivity index (χ3v) is 5.81. The van der Waals surface area contributed by atoms with Crippen LogP contribution >= 0.6 is 0 Å². The third kappa shape index (κ3) is 5.25. The number of methoxy groups -OCH3 is 2. The molecule has 1 heterocycles. The molecule has 31 heavy (non-hydrogen) atoms. The van der Waals surface area contributed by atoms with Gasteiger partial charge in [-0.1, -0.05) is 6.08 Å². The second kappa shape index (κ2) is 10.4. The standard InChI is InChI=1S/C23H32N4O4/c1-5-26(15-22(28)27(6-2)16-10-8-7-9-11-16)14-21-24-18-13-20(31-4)19(30-3)12-17(18)23(29)25-21/h10,12-13H,5-9,11,14-15H2,1-4H3,(H,24,25,29)/p+1. The normalized spacial score (nSPS) is 14.8. The molecule has 0 saturated carbocycles. The third-order valence-electron chi connectivity index (χ3n) is 5.81. The van der Waals surface area contributed by atoms with E-state index in [0.717, 1.165) is 36.4 Å². The molecule has 2 aromatic rings. The van der Waals surface area contributed by atoms with Crippen molar-refractivity contribution >= 4 is 16.8 Å². The first-order valence-corrected chi connectivity index (χ1v) is 11.0.